The van der Waals surface area contributed by atoms with Crippen molar-refractivity contribution in [2.75, 3.05) is 19.8 Å². The summed E-state index contributed by atoms with van der Waals surface area (Å²) >= 11 is 12.9. The zero-order chi connectivity index (χ0) is 13.4. The van der Waals surface area contributed by atoms with Gasteiger partial charge in [-0.15, -0.1) is 11.3 Å². The predicted octanol–water partition coefficient (Wildman–Crippen LogP) is 3.99. The number of carbonyl (C=O) groups excluding carboxylic acids is 1. The van der Waals surface area contributed by atoms with Gasteiger partial charge in [0.15, 0.2) is 0 Å². The normalized spacial score (nSPS) is 10.6. The van der Waals surface area contributed by atoms with Crippen LogP contribution < -0.4 is 5.32 Å². The topological polar surface area (TPSA) is 38.3 Å². The van der Waals surface area contributed by atoms with E-state index in [0.29, 0.717) is 27.4 Å². The van der Waals surface area contributed by atoms with Crippen molar-refractivity contribution < 1.29 is 9.53 Å². The molecular weight excluding hydrogens is 293 g/mol. The zero-order valence-corrected chi connectivity index (χ0v) is 12.6. The van der Waals surface area contributed by atoms with Crippen LogP contribution >= 0.6 is 34.5 Å². The molecule has 1 N–H and O–H groups in total. The molecule has 0 radical (unpaired) electrons. The number of halogens is 2. The average molecular weight is 310 g/mol. The second-order valence-corrected chi connectivity index (χ2v) is 6.10. The van der Waals surface area contributed by atoms with Crippen LogP contribution in [0.3, 0.4) is 0 Å². The predicted molar refractivity (Wildman–Crippen MR) is 77.0 cm³/mol. The van der Waals surface area contributed by atoms with Gasteiger partial charge in [-0.1, -0.05) is 36.5 Å². The summed E-state index contributed by atoms with van der Waals surface area (Å²) in [7, 11) is 0. The molecule has 1 rings (SSSR count). The summed E-state index contributed by atoms with van der Waals surface area (Å²) in [5, 5.41) is 2.79. The summed E-state index contributed by atoms with van der Waals surface area (Å²) in [6, 6.07) is 1.58. The molecule has 0 bridgehead atoms. The first kappa shape index (κ1) is 15.8. The minimum atomic E-state index is -0.184. The van der Waals surface area contributed by atoms with Gasteiger partial charge in [0, 0.05) is 19.8 Å². The third-order valence-electron chi connectivity index (χ3n) is 2.29. The molecule has 102 valence electrons. The standard InChI is InChI=1S/C12H17Cl2NO2S/c1-2-3-6-17-7-4-5-15-12(16)9-8-10(13)18-11(9)14/h8H,2-7H2,1H3,(H,15,16). The monoisotopic (exact) mass is 309 g/mol. The van der Waals surface area contributed by atoms with Crippen LogP contribution in [0.5, 0.6) is 0 Å². The number of hydrogen-bond donors (Lipinski definition) is 1. The highest BCUT2D eigenvalue weighted by Crippen LogP contribution is 2.30. The lowest BCUT2D eigenvalue weighted by Crippen LogP contribution is -2.25. The Morgan fingerprint density at radius 3 is 2.72 bits per heavy atom. The fraction of sp³-hybridized carbons (Fsp3) is 0.583. The van der Waals surface area contributed by atoms with Gasteiger partial charge >= 0.3 is 0 Å². The number of amides is 1. The van der Waals surface area contributed by atoms with Gasteiger partial charge < -0.3 is 10.1 Å². The molecule has 0 atom stereocenters. The van der Waals surface area contributed by atoms with Crippen molar-refractivity contribution in [3.63, 3.8) is 0 Å². The van der Waals surface area contributed by atoms with Crippen molar-refractivity contribution >= 4 is 40.4 Å². The quantitative estimate of drug-likeness (QED) is 0.737. The van der Waals surface area contributed by atoms with Crippen molar-refractivity contribution in [3.05, 3.63) is 20.3 Å². The van der Waals surface area contributed by atoms with E-state index in [2.05, 4.69) is 12.2 Å². The number of nitrogens with one attached hydrogen (secondary N) is 1. The summed E-state index contributed by atoms with van der Waals surface area (Å²) in [6.45, 7) is 4.16. The highest BCUT2D eigenvalue weighted by atomic mass is 35.5. The Morgan fingerprint density at radius 2 is 2.11 bits per heavy atom. The summed E-state index contributed by atoms with van der Waals surface area (Å²) in [6.07, 6.45) is 3.01. The van der Waals surface area contributed by atoms with Gasteiger partial charge in [-0.05, 0) is 18.9 Å². The number of thiophene rings is 1. The van der Waals surface area contributed by atoms with E-state index < -0.39 is 0 Å². The maximum absolute atomic E-state index is 11.7. The molecule has 0 fully saturated rings. The molecule has 1 aromatic rings. The fourth-order valence-electron chi connectivity index (χ4n) is 1.31. The third-order valence-corrected chi connectivity index (χ3v) is 3.78. The highest BCUT2D eigenvalue weighted by Gasteiger charge is 2.13. The van der Waals surface area contributed by atoms with Crippen molar-refractivity contribution in [2.45, 2.75) is 26.2 Å². The lowest BCUT2D eigenvalue weighted by Gasteiger charge is -2.05. The van der Waals surface area contributed by atoms with Crippen molar-refractivity contribution in [1.82, 2.24) is 5.32 Å². The van der Waals surface area contributed by atoms with Gasteiger partial charge in [0.2, 0.25) is 0 Å². The van der Waals surface area contributed by atoms with Crippen molar-refractivity contribution in [2.24, 2.45) is 0 Å². The maximum atomic E-state index is 11.7. The first-order valence-electron chi connectivity index (χ1n) is 5.96. The molecule has 1 heterocycles. The van der Waals surface area contributed by atoms with Gasteiger partial charge in [-0.25, -0.2) is 0 Å². The Morgan fingerprint density at radius 1 is 1.39 bits per heavy atom. The van der Waals surface area contributed by atoms with E-state index >= 15 is 0 Å². The second-order valence-electron chi connectivity index (χ2n) is 3.81. The molecular formula is C12H17Cl2NO2S. The SMILES string of the molecule is CCCCOCCCNC(=O)c1cc(Cl)sc1Cl. The van der Waals surface area contributed by atoms with Gasteiger partial charge in [0.25, 0.3) is 5.91 Å². The van der Waals surface area contributed by atoms with Crippen LogP contribution in [0.25, 0.3) is 0 Å². The molecule has 0 saturated carbocycles. The number of rotatable bonds is 8. The Kier molecular flexibility index (Phi) is 7.66. The van der Waals surface area contributed by atoms with Crippen molar-refractivity contribution in [3.8, 4) is 0 Å². The number of hydrogen-bond acceptors (Lipinski definition) is 3. The first-order valence-corrected chi connectivity index (χ1v) is 7.53. The van der Waals surface area contributed by atoms with E-state index in [1.807, 2.05) is 0 Å². The van der Waals surface area contributed by atoms with Crippen LogP contribution in [0.15, 0.2) is 6.07 Å². The van der Waals surface area contributed by atoms with Gasteiger partial charge in [0.1, 0.15) is 4.34 Å². The first-order chi connectivity index (χ1) is 8.65. The van der Waals surface area contributed by atoms with E-state index in [-0.39, 0.29) is 5.91 Å². The van der Waals surface area contributed by atoms with E-state index in [9.17, 15) is 4.79 Å². The molecule has 0 aliphatic heterocycles. The minimum Gasteiger partial charge on any atom is -0.381 e. The molecule has 6 heteroatoms. The number of carbonyl (C=O) groups is 1. The second kappa shape index (κ2) is 8.75. The number of unbranched alkanes of at least 4 members (excludes halogenated alkanes) is 1. The summed E-state index contributed by atoms with van der Waals surface area (Å²) < 4.78 is 6.34. The van der Waals surface area contributed by atoms with Gasteiger partial charge in [0.05, 0.1) is 9.90 Å². The summed E-state index contributed by atoms with van der Waals surface area (Å²) in [4.78, 5) is 11.7. The lowest BCUT2D eigenvalue weighted by atomic mass is 10.3. The van der Waals surface area contributed by atoms with Crippen molar-refractivity contribution in [1.29, 1.82) is 0 Å². The largest absolute Gasteiger partial charge is 0.381 e. The molecule has 0 aliphatic rings. The van der Waals surface area contributed by atoms with Crippen LogP contribution in [0.1, 0.15) is 36.5 Å². The maximum Gasteiger partial charge on any atom is 0.253 e. The molecule has 0 spiro atoms. The molecule has 1 amide bonds. The van der Waals surface area contributed by atoms with Crippen LogP contribution in [-0.4, -0.2) is 25.7 Å². The van der Waals surface area contributed by atoms with E-state index in [1.54, 1.807) is 6.07 Å². The van der Waals surface area contributed by atoms with E-state index in [0.717, 1.165) is 25.9 Å². The van der Waals surface area contributed by atoms with E-state index in [1.165, 1.54) is 11.3 Å². The Labute approximate surface area is 121 Å². The highest BCUT2D eigenvalue weighted by molar-refractivity contribution is 7.20. The van der Waals surface area contributed by atoms with Crippen LogP contribution in [0.4, 0.5) is 0 Å². The Bertz CT molecular complexity index is 382. The summed E-state index contributed by atoms with van der Waals surface area (Å²) in [5.74, 6) is -0.184. The van der Waals surface area contributed by atoms with Crippen LogP contribution in [0, 0.1) is 0 Å². The Hall–Kier alpha value is -0.290. The fourth-order valence-corrected chi connectivity index (χ4v) is 2.77. The van der Waals surface area contributed by atoms with Gasteiger partial charge in [-0.3, -0.25) is 4.79 Å². The molecule has 3 nitrogen and oxygen atoms in total. The molecule has 0 saturated heterocycles. The minimum absolute atomic E-state index is 0.184. The molecule has 0 unspecified atom stereocenters. The number of ether oxygens (including phenoxy) is 1. The molecule has 1 aromatic heterocycles. The molecule has 0 aromatic carbocycles. The van der Waals surface area contributed by atoms with Crippen LogP contribution in [-0.2, 0) is 4.74 Å². The zero-order valence-electron chi connectivity index (χ0n) is 10.3. The summed E-state index contributed by atoms with van der Waals surface area (Å²) in [5.41, 5.74) is 0.443. The molecule has 0 aliphatic carbocycles. The third kappa shape index (κ3) is 5.57. The van der Waals surface area contributed by atoms with Gasteiger partial charge in [-0.2, -0.15) is 0 Å². The van der Waals surface area contributed by atoms with Crippen LogP contribution in [0.2, 0.25) is 8.67 Å². The average Bonchev–Trinajstić information content (AvgIpc) is 2.67. The Balaban J connectivity index is 2.16. The smallest absolute Gasteiger partial charge is 0.253 e. The molecule has 18 heavy (non-hydrogen) atoms. The van der Waals surface area contributed by atoms with E-state index in [4.69, 9.17) is 27.9 Å². The lowest BCUT2D eigenvalue weighted by molar-refractivity contribution is 0.0941.